The van der Waals surface area contributed by atoms with Crippen molar-refractivity contribution in [2.45, 2.75) is 6.54 Å². The van der Waals surface area contributed by atoms with Gasteiger partial charge in [-0.25, -0.2) is 0 Å². The maximum atomic E-state index is 10.6. The molecule has 0 bridgehead atoms. The second-order valence-electron chi connectivity index (χ2n) is 4.38. The Bertz CT molecular complexity index is 617. The summed E-state index contributed by atoms with van der Waals surface area (Å²) < 4.78 is 1.70. The first-order chi connectivity index (χ1) is 9.56. The topological polar surface area (TPSA) is 101 Å². The number of rotatable bonds is 7. The van der Waals surface area contributed by atoms with Gasteiger partial charge in [-0.05, 0) is 6.07 Å². The SMILES string of the molecule is O=C([O-])CN(CCn1ncc2ccccc21)CC(=O)[O-].[Na+].[Na+]. The second-order valence-corrected chi connectivity index (χ2v) is 4.38. The Morgan fingerprint density at radius 2 is 1.68 bits per heavy atom. The van der Waals surface area contributed by atoms with Crippen LogP contribution < -0.4 is 69.3 Å². The molecule has 0 unspecified atom stereocenters. The Morgan fingerprint density at radius 1 is 1.09 bits per heavy atom. The van der Waals surface area contributed by atoms with Crippen molar-refractivity contribution in [2.24, 2.45) is 0 Å². The number of aromatic nitrogens is 2. The molecule has 0 aliphatic rings. The monoisotopic (exact) mass is 321 g/mol. The first kappa shape index (κ1) is 21.6. The molecule has 22 heavy (non-hydrogen) atoms. The molecule has 1 aromatic carbocycles. The number of carboxylic acid groups (broad SMARTS) is 2. The van der Waals surface area contributed by atoms with Crippen LogP contribution in [0, 0.1) is 0 Å². The molecule has 0 amide bonds. The standard InChI is InChI=1S/C13H15N3O4.2Na/c17-12(18)8-15(9-13(19)20)5-6-16-11-4-2-1-3-10(11)7-14-16;;/h1-4,7H,5-6,8-9H2,(H,17,18)(H,19,20);;/q;2*+1/p-2. The molecule has 1 heterocycles. The van der Waals surface area contributed by atoms with E-state index in [-0.39, 0.29) is 65.7 Å². The Balaban J connectivity index is 0.00000220. The minimum absolute atomic E-state index is 0. The van der Waals surface area contributed by atoms with Crippen molar-refractivity contribution in [3.63, 3.8) is 0 Å². The van der Waals surface area contributed by atoms with Crippen LogP contribution in [0.3, 0.4) is 0 Å². The predicted molar refractivity (Wildman–Crippen MR) is 66.2 cm³/mol. The van der Waals surface area contributed by atoms with Crippen LogP contribution in [0.25, 0.3) is 10.9 Å². The van der Waals surface area contributed by atoms with Gasteiger partial charge in [-0.3, -0.25) is 9.58 Å². The molecule has 0 saturated heterocycles. The molecule has 0 N–H and O–H groups in total. The van der Waals surface area contributed by atoms with Crippen molar-refractivity contribution >= 4 is 22.8 Å². The Morgan fingerprint density at radius 3 is 2.27 bits per heavy atom. The van der Waals surface area contributed by atoms with Gasteiger partial charge in [0.1, 0.15) is 0 Å². The summed E-state index contributed by atoms with van der Waals surface area (Å²) >= 11 is 0. The van der Waals surface area contributed by atoms with Crippen LogP contribution in [0.5, 0.6) is 0 Å². The molecular weight excluding hydrogens is 308 g/mol. The van der Waals surface area contributed by atoms with Gasteiger partial charge >= 0.3 is 59.1 Å². The van der Waals surface area contributed by atoms with Gasteiger partial charge in [-0.2, -0.15) is 5.10 Å². The summed E-state index contributed by atoms with van der Waals surface area (Å²) in [6.45, 7) is -0.290. The van der Waals surface area contributed by atoms with E-state index in [9.17, 15) is 19.8 Å². The molecular formula is C13H13N3Na2O4. The third kappa shape index (κ3) is 6.37. The maximum Gasteiger partial charge on any atom is 1.00 e. The number of nitrogens with zero attached hydrogens (tertiary/aromatic N) is 3. The minimum atomic E-state index is -1.32. The summed E-state index contributed by atoms with van der Waals surface area (Å²) in [4.78, 5) is 22.4. The van der Waals surface area contributed by atoms with Crippen molar-refractivity contribution < 1.29 is 78.9 Å². The van der Waals surface area contributed by atoms with Crippen molar-refractivity contribution in [2.75, 3.05) is 19.6 Å². The van der Waals surface area contributed by atoms with Gasteiger partial charge in [0.05, 0.1) is 30.2 Å². The Hall–Kier alpha value is -0.410. The van der Waals surface area contributed by atoms with Crippen LogP contribution in [-0.2, 0) is 16.1 Å². The number of hydrogen-bond acceptors (Lipinski definition) is 6. The van der Waals surface area contributed by atoms with Crippen LogP contribution in [0.15, 0.2) is 30.5 Å². The normalized spacial score (nSPS) is 10.0. The number of para-hydroxylation sites is 1. The summed E-state index contributed by atoms with van der Waals surface area (Å²) in [5.74, 6) is -2.65. The molecule has 0 spiro atoms. The van der Waals surface area contributed by atoms with Gasteiger partial charge in [0.25, 0.3) is 0 Å². The predicted octanol–water partition coefficient (Wildman–Crippen LogP) is -8.15. The summed E-state index contributed by atoms with van der Waals surface area (Å²) in [7, 11) is 0. The minimum Gasteiger partial charge on any atom is -0.549 e. The van der Waals surface area contributed by atoms with Gasteiger partial charge in [0.2, 0.25) is 0 Å². The molecule has 2 aromatic rings. The maximum absolute atomic E-state index is 10.6. The van der Waals surface area contributed by atoms with E-state index in [2.05, 4.69) is 5.10 Å². The number of carboxylic acids is 2. The first-order valence-corrected chi connectivity index (χ1v) is 6.09. The summed E-state index contributed by atoms with van der Waals surface area (Å²) in [6.07, 6.45) is 1.71. The number of fused-ring (bicyclic) bond motifs is 1. The molecule has 0 atom stereocenters. The fraction of sp³-hybridized carbons (Fsp3) is 0.308. The molecule has 0 saturated carbocycles. The van der Waals surface area contributed by atoms with Crippen LogP contribution in [-0.4, -0.2) is 46.3 Å². The number of carbonyl (C=O) groups is 2. The van der Waals surface area contributed by atoms with E-state index in [4.69, 9.17) is 0 Å². The van der Waals surface area contributed by atoms with Crippen molar-refractivity contribution in [3.05, 3.63) is 30.5 Å². The zero-order chi connectivity index (χ0) is 14.5. The summed E-state index contributed by atoms with van der Waals surface area (Å²) in [6, 6.07) is 7.58. The van der Waals surface area contributed by atoms with E-state index in [0.29, 0.717) is 6.54 Å². The second kappa shape index (κ2) is 10.4. The van der Waals surface area contributed by atoms with Gasteiger partial charge in [0.15, 0.2) is 0 Å². The molecule has 0 fully saturated rings. The van der Waals surface area contributed by atoms with Crippen LogP contribution >= 0.6 is 0 Å². The fourth-order valence-corrected chi connectivity index (χ4v) is 2.02. The number of aliphatic carboxylic acids is 2. The zero-order valence-corrected chi connectivity index (χ0v) is 16.7. The van der Waals surface area contributed by atoms with E-state index in [0.717, 1.165) is 10.9 Å². The van der Waals surface area contributed by atoms with Gasteiger partial charge in [-0.1, -0.05) is 18.2 Å². The largest absolute Gasteiger partial charge is 1.00 e. The van der Waals surface area contributed by atoms with E-state index >= 15 is 0 Å². The van der Waals surface area contributed by atoms with E-state index < -0.39 is 25.0 Å². The van der Waals surface area contributed by atoms with Crippen LogP contribution in [0.1, 0.15) is 0 Å². The smallest absolute Gasteiger partial charge is 0.549 e. The molecule has 106 valence electrons. The molecule has 2 rings (SSSR count). The Labute approximate surface area is 171 Å². The third-order valence-corrected chi connectivity index (χ3v) is 2.88. The van der Waals surface area contributed by atoms with Gasteiger partial charge < -0.3 is 19.8 Å². The molecule has 7 nitrogen and oxygen atoms in total. The molecule has 1 aromatic heterocycles. The zero-order valence-electron chi connectivity index (χ0n) is 12.7. The summed E-state index contributed by atoms with van der Waals surface area (Å²) in [5.41, 5.74) is 0.911. The van der Waals surface area contributed by atoms with Crippen molar-refractivity contribution in [1.82, 2.24) is 14.7 Å². The van der Waals surface area contributed by atoms with E-state index in [1.807, 2.05) is 24.3 Å². The van der Waals surface area contributed by atoms with E-state index in [1.54, 1.807) is 10.9 Å². The fourth-order valence-electron chi connectivity index (χ4n) is 2.02. The van der Waals surface area contributed by atoms with Crippen molar-refractivity contribution in [1.29, 1.82) is 0 Å². The molecule has 0 aliphatic carbocycles. The summed E-state index contributed by atoms with van der Waals surface area (Å²) in [5, 5.41) is 26.3. The molecule has 0 radical (unpaired) electrons. The third-order valence-electron chi connectivity index (χ3n) is 2.88. The van der Waals surface area contributed by atoms with Gasteiger partial charge in [-0.15, -0.1) is 0 Å². The van der Waals surface area contributed by atoms with Gasteiger partial charge in [0, 0.05) is 25.0 Å². The first-order valence-electron chi connectivity index (χ1n) is 6.09. The number of benzene rings is 1. The average molecular weight is 321 g/mol. The quantitative estimate of drug-likeness (QED) is 0.470. The number of hydrogen-bond donors (Lipinski definition) is 0. The van der Waals surface area contributed by atoms with Crippen LogP contribution in [0.2, 0.25) is 0 Å². The van der Waals surface area contributed by atoms with Crippen LogP contribution in [0.4, 0.5) is 0 Å². The van der Waals surface area contributed by atoms with Crippen molar-refractivity contribution in [3.8, 4) is 0 Å². The molecule has 0 aliphatic heterocycles. The van der Waals surface area contributed by atoms with E-state index in [1.165, 1.54) is 4.90 Å². The Kier molecular flexibility index (Phi) is 10.2. The number of carbonyl (C=O) groups excluding carboxylic acids is 2. The molecule has 9 heteroatoms. The average Bonchev–Trinajstić information content (AvgIpc) is 2.78.